The van der Waals surface area contributed by atoms with Crippen molar-refractivity contribution in [2.75, 3.05) is 12.5 Å². The molecule has 1 saturated heterocycles. The molecule has 2 bridgehead atoms. The van der Waals surface area contributed by atoms with Crippen LogP contribution in [0.15, 0.2) is 0 Å². The second-order valence-corrected chi connectivity index (χ2v) is 8.88. The van der Waals surface area contributed by atoms with Gasteiger partial charge >= 0.3 is 0 Å². The third kappa shape index (κ3) is 1.44. The standard InChI is InChI=1S/C11H16BrNO4S/c1-10(2)7-3-4-11(10,9(14)8(7)12)5-18(15,16)13-6-17-13/h7-8H,3-6H2,1-2H3. The van der Waals surface area contributed by atoms with E-state index in [-0.39, 0.29) is 34.4 Å². The minimum absolute atomic E-state index is 0.0502. The fourth-order valence-corrected chi connectivity index (χ4v) is 6.89. The number of ketones is 1. The van der Waals surface area contributed by atoms with Gasteiger partial charge in [-0.2, -0.15) is 0 Å². The highest BCUT2D eigenvalue weighted by Crippen LogP contribution is 2.66. The lowest BCUT2D eigenvalue weighted by molar-refractivity contribution is -0.127. The van der Waals surface area contributed by atoms with Crippen LogP contribution in [0.5, 0.6) is 0 Å². The molecule has 5 nitrogen and oxygen atoms in total. The van der Waals surface area contributed by atoms with Crippen molar-refractivity contribution in [3.8, 4) is 0 Å². The molecule has 0 aromatic carbocycles. The molecule has 4 atom stereocenters. The van der Waals surface area contributed by atoms with Gasteiger partial charge in [-0.15, -0.1) is 0 Å². The summed E-state index contributed by atoms with van der Waals surface area (Å²) < 4.78 is 25.2. The molecule has 0 aromatic rings. The molecular formula is C11H16BrNO4S. The molecule has 3 rings (SSSR count). The highest BCUT2D eigenvalue weighted by atomic mass is 79.9. The molecule has 2 aliphatic carbocycles. The van der Waals surface area contributed by atoms with Gasteiger partial charge in [-0.1, -0.05) is 34.2 Å². The summed E-state index contributed by atoms with van der Waals surface area (Å²) in [6.07, 6.45) is 1.57. The molecule has 18 heavy (non-hydrogen) atoms. The lowest BCUT2D eigenvalue weighted by Gasteiger charge is -2.35. The predicted octanol–water partition coefficient (Wildman–Crippen LogP) is 1.29. The first-order chi connectivity index (χ1) is 8.22. The van der Waals surface area contributed by atoms with E-state index in [0.29, 0.717) is 6.42 Å². The van der Waals surface area contributed by atoms with Gasteiger partial charge < -0.3 is 0 Å². The fourth-order valence-electron chi connectivity index (χ4n) is 3.74. The number of hydrogen-bond acceptors (Lipinski definition) is 4. The smallest absolute Gasteiger partial charge is 0.239 e. The van der Waals surface area contributed by atoms with Gasteiger partial charge in [0.15, 0.2) is 12.5 Å². The Kier molecular flexibility index (Phi) is 2.58. The van der Waals surface area contributed by atoms with Crippen LogP contribution in [-0.2, 0) is 19.7 Å². The van der Waals surface area contributed by atoms with Crippen molar-refractivity contribution in [1.82, 2.24) is 4.47 Å². The van der Waals surface area contributed by atoms with Gasteiger partial charge in [-0.05, 0) is 24.2 Å². The lowest BCUT2D eigenvalue weighted by atomic mass is 9.70. The van der Waals surface area contributed by atoms with Gasteiger partial charge in [0.2, 0.25) is 10.0 Å². The van der Waals surface area contributed by atoms with Crippen LogP contribution in [0.1, 0.15) is 26.7 Å². The van der Waals surface area contributed by atoms with Crippen LogP contribution in [0.25, 0.3) is 0 Å². The van der Waals surface area contributed by atoms with Crippen molar-refractivity contribution in [3.63, 3.8) is 0 Å². The average molecular weight is 338 g/mol. The molecule has 1 heterocycles. The number of alkyl halides is 1. The zero-order chi connectivity index (χ0) is 13.3. The molecule has 3 fully saturated rings. The summed E-state index contributed by atoms with van der Waals surface area (Å²) in [4.78, 5) is 17.0. The molecule has 0 N–H and O–H groups in total. The monoisotopic (exact) mass is 337 g/mol. The zero-order valence-electron chi connectivity index (χ0n) is 10.3. The average Bonchev–Trinajstić information content (AvgIpc) is 3.03. The van der Waals surface area contributed by atoms with Crippen LogP contribution in [0.2, 0.25) is 0 Å². The van der Waals surface area contributed by atoms with Crippen LogP contribution in [0, 0.1) is 16.7 Å². The maximum atomic E-state index is 12.5. The molecule has 0 amide bonds. The van der Waals surface area contributed by atoms with Gasteiger partial charge in [-0.3, -0.25) is 9.63 Å². The van der Waals surface area contributed by atoms with E-state index in [1.807, 2.05) is 13.8 Å². The topological polar surface area (TPSA) is 66.8 Å². The number of nitrogens with zero attached hydrogens (tertiary/aromatic N) is 1. The number of hydroxylamine groups is 1. The quantitative estimate of drug-likeness (QED) is 0.575. The molecule has 4 unspecified atom stereocenters. The first-order valence-corrected chi connectivity index (χ1v) is 8.57. The van der Waals surface area contributed by atoms with E-state index in [1.165, 1.54) is 0 Å². The number of carbonyl (C=O) groups excluding carboxylic acids is 1. The van der Waals surface area contributed by atoms with Crippen molar-refractivity contribution in [3.05, 3.63) is 0 Å². The van der Waals surface area contributed by atoms with Crippen LogP contribution >= 0.6 is 15.9 Å². The summed E-state index contributed by atoms with van der Waals surface area (Å²) in [6, 6.07) is 0. The molecule has 0 radical (unpaired) electrons. The van der Waals surface area contributed by atoms with Gasteiger partial charge in [0, 0.05) is 0 Å². The Hall–Kier alpha value is 0.0200. The third-order valence-corrected chi connectivity index (χ3v) is 7.83. The Balaban J connectivity index is 2.00. The number of rotatable bonds is 3. The molecule has 3 aliphatic rings. The summed E-state index contributed by atoms with van der Waals surface area (Å²) in [5, 5.41) is 0. The summed E-state index contributed by atoms with van der Waals surface area (Å²) in [5.41, 5.74) is -1.03. The van der Waals surface area contributed by atoms with Gasteiger partial charge in [0.25, 0.3) is 0 Å². The molecule has 7 heteroatoms. The molecule has 1 aliphatic heterocycles. The number of Topliss-reactive ketones (excluding diaryl/α,β-unsaturated/α-hetero) is 1. The van der Waals surface area contributed by atoms with Crippen LogP contribution in [0.4, 0.5) is 0 Å². The lowest BCUT2D eigenvalue weighted by Crippen LogP contribution is -2.44. The highest BCUT2D eigenvalue weighted by molar-refractivity contribution is 9.10. The second kappa shape index (κ2) is 3.56. The normalized spacial score (nSPS) is 45.5. The minimum Gasteiger partial charge on any atom is -0.298 e. The Labute approximate surface area is 115 Å². The number of carbonyl (C=O) groups is 1. The molecular weight excluding hydrogens is 322 g/mol. The van der Waals surface area contributed by atoms with E-state index in [9.17, 15) is 13.2 Å². The third-order valence-electron chi connectivity index (χ3n) is 5.09. The van der Waals surface area contributed by atoms with E-state index in [1.54, 1.807) is 0 Å². The van der Waals surface area contributed by atoms with E-state index in [0.717, 1.165) is 10.9 Å². The summed E-state index contributed by atoms with van der Waals surface area (Å²) in [5.74, 6) is 0.161. The van der Waals surface area contributed by atoms with Crippen molar-refractivity contribution in [2.45, 2.75) is 31.5 Å². The minimum atomic E-state index is -3.47. The summed E-state index contributed by atoms with van der Waals surface area (Å²) in [6.45, 7) is 4.15. The summed E-state index contributed by atoms with van der Waals surface area (Å²) >= 11 is 3.44. The van der Waals surface area contributed by atoms with Crippen molar-refractivity contribution >= 4 is 31.7 Å². The largest absolute Gasteiger partial charge is 0.298 e. The van der Waals surface area contributed by atoms with E-state index >= 15 is 0 Å². The molecule has 0 spiro atoms. The first kappa shape index (κ1) is 13.0. The van der Waals surface area contributed by atoms with Gasteiger partial charge in [-0.25, -0.2) is 8.42 Å². The Morgan fingerprint density at radius 3 is 2.56 bits per heavy atom. The first-order valence-electron chi connectivity index (χ1n) is 6.04. The fraction of sp³-hybridized carbons (Fsp3) is 0.909. The predicted molar refractivity (Wildman–Crippen MR) is 68.2 cm³/mol. The van der Waals surface area contributed by atoms with E-state index in [4.69, 9.17) is 4.84 Å². The Bertz CT molecular complexity index is 513. The number of hydrogen-bond donors (Lipinski definition) is 0. The molecule has 0 aromatic heterocycles. The number of sulfonamides is 1. The maximum absolute atomic E-state index is 12.5. The highest BCUT2D eigenvalue weighted by Gasteiger charge is 2.69. The van der Waals surface area contributed by atoms with Crippen molar-refractivity contribution in [2.24, 2.45) is 16.7 Å². The Morgan fingerprint density at radius 2 is 2.11 bits per heavy atom. The van der Waals surface area contributed by atoms with Gasteiger partial charge in [0.1, 0.15) is 0 Å². The van der Waals surface area contributed by atoms with Crippen LogP contribution < -0.4 is 0 Å². The van der Waals surface area contributed by atoms with Crippen LogP contribution in [0.3, 0.4) is 0 Å². The van der Waals surface area contributed by atoms with Crippen LogP contribution in [-0.4, -0.2) is 36.0 Å². The molecule has 2 saturated carbocycles. The number of halogens is 1. The number of fused-ring (bicyclic) bond motifs is 2. The zero-order valence-corrected chi connectivity index (χ0v) is 12.8. The molecule has 102 valence electrons. The Morgan fingerprint density at radius 1 is 1.50 bits per heavy atom. The van der Waals surface area contributed by atoms with Crippen molar-refractivity contribution in [1.29, 1.82) is 0 Å². The summed E-state index contributed by atoms with van der Waals surface area (Å²) in [7, 11) is -3.47. The van der Waals surface area contributed by atoms with E-state index < -0.39 is 15.4 Å². The SMILES string of the molecule is CC1(C)C2CCC1(CS(=O)(=O)N1CO1)C(=O)C2Br. The second-order valence-electron chi connectivity index (χ2n) is 6.03. The van der Waals surface area contributed by atoms with Crippen molar-refractivity contribution < 1.29 is 18.0 Å². The van der Waals surface area contributed by atoms with Gasteiger partial charge in [0.05, 0.1) is 16.0 Å². The maximum Gasteiger partial charge on any atom is 0.239 e. The van der Waals surface area contributed by atoms with E-state index in [2.05, 4.69) is 15.9 Å².